The van der Waals surface area contributed by atoms with E-state index in [0.29, 0.717) is 11.1 Å². The van der Waals surface area contributed by atoms with E-state index in [1.807, 2.05) is 12.1 Å². The third-order valence-corrected chi connectivity index (χ3v) is 3.29. The van der Waals surface area contributed by atoms with Crippen LogP contribution < -0.4 is 0 Å². The van der Waals surface area contributed by atoms with Gasteiger partial charge in [0.2, 0.25) is 0 Å². The molecule has 1 atom stereocenters. The van der Waals surface area contributed by atoms with Gasteiger partial charge in [-0.3, -0.25) is 0 Å². The van der Waals surface area contributed by atoms with Gasteiger partial charge in [-0.15, -0.1) is 0 Å². The number of rotatable bonds is 4. The van der Waals surface area contributed by atoms with E-state index in [9.17, 15) is 13.9 Å². The van der Waals surface area contributed by atoms with Gasteiger partial charge in [0.1, 0.15) is 5.60 Å². The molecule has 0 amide bonds. The van der Waals surface area contributed by atoms with E-state index >= 15 is 0 Å². The van der Waals surface area contributed by atoms with E-state index < -0.39 is 17.9 Å². The minimum Gasteiger partial charge on any atom is -0.383 e. The molecule has 0 saturated carbocycles. The summed E-state index contributed by atoms with van der Waals surface area (Å²) in [5, 5.41) is 10.2. The molecule has 0 aliphatic rings. The zero-order valence-electron chi connectivity index (χ0n) is 10.6. The first-order valence-corrected chi connectivity index (χ1v) is 6.14. The third-order valence-electron chi connectivity index (χ3n) is 3.29. The quantitative estimate of drug-likeness (QED) is 0.887. The molecule has 0 fully saturated rings. The number of alkyl halides is 2. The molecular weight excluding hydrogens is 246 g/mol. The van der Waals surface area contributed by atoms with Gasteiger partial charge in [0.05, 0.1) is 0 Å². The van der Waals surface area contributed by atoms with Crippen LogP contribution in [0.25, 0.3) is 0 Å². The van der Waals surface area contributed by atoms with Gasteiger partial charge in [0.25, 0.3) is 6.43 Å². The lowest BCUT2D eigenvalue weighted by Crippen LogP contribution is -2.40. The molecule has 1 N–H and O–H groups in total. The number of benzene rings is 2. The Morgan fingerprint density at radius 1 is 0.842 bits per heavy atom. The van der Waals surface area contributed by atoms with Crippen LogP contribution in [0.15, 0.2) is 60.7 Å². The number of hydrogen-bond donors (Lipinski definition) is 1. The summed E-state index contributed by atoms with van der Waals surface area (Å²) in [7, 11) is 0. The molecule has 2 aromatic carbocycles. The summed E-state index contributed by atoms with van der Waals surface area (Å²) in [6.07, 6.45) is -2.82. The van der Waals surface area contributed by atoms with Crippen molar-refractivity contribution in [3.8, 4) is 0 Å². The maximum absolute atomic E-state index is 13.2. The van der Waals surface area contributed by atoms with Gasteiger partial charge in [-0.25, -0.2) is 8.78 Å². The van der Waals surface area contributed by atoms with Crippen molar-refractivity contribution in [2.75, 3.05) is 0 Å². The summed E-state index contributed by atoms with van der Waals surface area (Å²) in [5.74, 6) is -0.755. The molecule has 0 radical (unpaired) electrons. The Hall–Kier alpha value is -1.74. The van der Waals surface area contributed by atoms with E-state index in [4.69, 9.17) is 0 Å². The standard InChI is InChI=1S/C16H16F2O/c1-16(19,15(17)18)14(12-8-4-2-5-9-12)13-10-6-3-7-11-13/h2-11,14-15,19H,1H3. The number of aliphatic hydroxyl groups is 1. The molecule has 1 unspecified atom stereocenters. The molecule has 1 nitrogen and oxygen atoms in total. The van der Waals surface area contributed by atoms with Gasteiger partial charge in [-0.1, -0.05) is 60.7 Å². The molecule has 0 heterocycles. The topological polar surface area (TPSA) is 20.2 Å². The summed E-state index contributed by atoms with van der Waals surface area (Å²) in [4.78, 5) is 0. The predicted octanol–water partition coefficient (Wildman–Crippen LogP) is 3.83. The normalized spacial score (nSPS) is 14.6. The lowest BCUT2D eigenvalue weighted by molar-refractivity contribution is -0.0928. The summed E-state index contributed by atoms with van der Waals surface area (Å²) in [6.45, 7) is 1.18. The van der Waals surface area contributed by atoms with Gasteiger partial charge in [0, 0.05) is 5.92 Å². The van der Waals surface area contributed by atoms with Gasteiger partial charge < -0.3 is 5.11 Å². The third kappa shape index (κ3) is 2.82. The fourth-order valence-electron chi connectivity index (χ4n) is 2.28. The summed E-state index contributed by atoms with van der Waals surface area (Å²) in [6, 6.07) is 17.8. The second-order valence-corrected chi connectivity index (χ2v) is 4.78. The van der Waals surface area contributed by atoms with E-state index in [2.05, 4.69) is 0 Å². The summed E-state index contributed by atoms with van der Waals surface area (Å²) < 4.78 is 26.4. The first-order valence-electron chi connectivity index (χ1n) is 6.14. The highest BCUT2D eigenvalue weighted by molar-refractivity contribution is 5.35. The maximum Gasteiger partial charge on any atom is 0.267 e. The lowest BCUT2D eigenvalue weighted by Gasteiger charge is -2.33. The zero-order valence-corrected chi connectivity index (χ0v) is 10.6. The van der Waals surface area contributed by atoms with Crippen LogP contribution in [-0.2, 0) is 0 Å². The van der Waals surface area contributed by atoms with Crippen molar-refractivity contribution >= 4 is 0 Å². The number of halogens is 2. The Morgan fingerprint density at radius 2 is 1.21 bits per heavy atom. The van der Waals surface area contributed by atoms with Gasteiger partial charge in [-0.05, 0) is 18.1 Å². The van der Waals surface area contributed by atoms with Crippen molar-refractivity contribution in [1.82, 2.24) is 0 Å². The van der Waals surface area contributed by atoms with E-state index in [1.54, 1.807) is 48.5 Å². The Balaban J connectivity index is 2.52. The van der Waals surface area contributed by atoms with Gasteiger partial charge >= 0.3 is 0 Å². The van der Waals surface area contributed by atoms with Crippen molar-refractivity contribution in [2.24, 2.45) is 0 Å². The van der Waals surface area contributed by atoms with E-state index in [0.717, 1.165) is 0 Å². The first kappa shape index (κ1) is 13.7. The highest BCUT2D eigenvalue weighted by Crippen LogP contribution is 2.38. The van der Waals surface area contributed by atoms with E-state index in [-0.39, 0.29) is 0 Å². The predicted molar refractivity (Wildman–Crippen MR) is 71.4 cm³/mol. The largest absolute Gasteiger partial charge is 0.383 e. The molecule has 0 bridgehead atoms. The second kappa shape index (κ2) is 5.49. The molecule has 0 aliphatic heterocycles. The van der Waals surface area contributed by atoms with Crippen LogP contribution in [0.5, 0.6) is 0 Å². The highest BCUT2D eigenvalue weighted by atomic mass is 19.3. The van der Waals surface area contributed by atoms with Crippen molar-refractivity contribution < 1.29 is 13.9 Å². The van der Waals surface area contributed by atoms with Crippen molar-refractivity contribution in [3.63, 3.8) is 0 Å². The number of hydrogen-bond acceptors (Lipinski definition) is 1. The monoisotopic (exact) mass is 262 g/mol. The fourth-order valence-corrected chi connectivity index (χ4v) is 2.28. The second-order valence-electron chi connectivity index (χ2n) is 4.78. The molecule has 3 heteroatoms. The smallest absolute Gasteiger partial charge is 0.267 e. The summed E-state index contributed by atoms with van der Waals surface area (Å²) in [5.41, 5.74) is -0.749. The Labute approximate surface area is 111 Å². The van der Waals surface area contributed by atoms with E-state index in [1.165, 1.54) is 6.92 Å². The molecule has 0 aromatic heterocycles. The van der Waals surface area contributed by atoms with Crippen LogP contribution in [0.2, 0.25) is 0 Å². The van der Waals surface area contributed by atoms with Gasteiger partial charge in [0.15, 0.2) is 0 Å². The van der Waals surface area contributed by atoms with Crippen molar-refractivity contribution in [3.05, 3.63) is 71.8 Å². The highest BCUT2D eigenvalue weighted by Gasteiger charge is 2.42. The fraction of sp³-hybridized carbons (Fsp3) is 0.250. The van der Waals surface area contributed by atoms with Gasteiger partial charge in [-0.2, -0.15) is 0 Å². The van der Waals surface area contributed by atoms with Crippen LogP contribution in [-0.4, -0.2) is 17.1 Å². The molecule has 2 rings (SSSR count). The minimum atomic E-state index is -2.82. The average Bonchev–Trinajstić information content (AvgIpc) is 2.41. The van der Waals surface area contributed by atoms with Crippen LogP contribution in [0.1, 0.15) is 24.0 Å². The SMILES string of the molecule is CC(O)(C(F)F)C(c1ccccc1)c1ccccc1. The molecule has 0 aliphatic carbocycles. The molecule has 19 heavy (non-hydrogen) atoms. The molecule has 100 valence electrons. The zero-order chi connectivity index (χ0) is 13.9. The molecular formula is C16H16F2O. The Kier molecular flexibility index (Phi) is 3.96. The molecule has 0 saturated heterocycles. The summed E-state index contributed by atoms with van der Waals surface area (Å²) >= 11 is 0. The Bertz CT molecular complexity index is 469. The molecule has 0 spiro atoms. The van der Waals surface area contributed by atoms with Crippen molar-refractivity contribution in [2.45, 2.75) is 24.9 Å². The van der Waals surface area contributed by atoms with Crippen molar-refractivity contribution in [1.29, 1.82) is 0 Å². The average molecular weight is 262 g/mol. The maximum atomic E-state index is 13.2. The molecule has 2 aromatic rings. The Morgan fingerprint density at radius 3 is 1.53 bits per heavy atom. The van der Waals surface area contributed by atoms with Crippen LogP contribution in [0.3, 0.4) is 0 Å². The minimum absolute atomic E-state index is 0.680. The van der Waals surface area contributed by atoms with Crippen LogP contribution in [0, 0.1) is 0 Å². The first-order chi connectivity index (χ1) is 9.03. The lowest BCUT2D eigenvalue weighted by atomic mass is 9.78. The van der Waals surface area contributed by atoms with Crippen LogP contribution >= 0.6 is 0 Å². The van der Waals surface area contributed by atoms with Crippen LogP contribution in [0.4, 0.5) is 8.78 Å².